The number of H-pyrrole nitrogens is 1. The third-order valence-corrected chi connectivity index (χ3v) is 3.91. The van der Waals surface area contributed by atoms with E-state index >= 15 is 0 Å². The number of rotatable bonds is 5. The number of hydrogen-bond acceptors (Lipinski definition) is 5. The number of anilines is 1. The molecule has 0 spiro atoms. The first kappa shape index (κ1) is 14.0. The molecule has 3 heterocycles. The summed E-state index contributed by atoms with van der Waals surface area (Å²) in [6, 6.07) is 7.01. The van der Waals surface area contributed by atoms with Gasteiger partial charge in [0.1, 0.15) is 6.54 Å². The smallest absolute Gasteiger partial charge is 0.266 e. The Bertz CT molecular complexity index is 804. The van der Waals surface area contributed by atoms with Gasteiger partial charge in [0.05, 0.1) is 15.4 Å². The lowest BCUT2D eigenvalue weighted by Crippen LogP contribution is -2.19. The quantitative estimate of drug-likeness (QED) is 0.652. The van der Waals surface area contributed by atoms with Gasteiger partial charge in [-0.15, -0.1) is 11.3 Å². The van der Waals surface area contributed by atoms with Crippen LogP contribution < -0.4 is 11.1 Å². The SMILES string of the molecule is NC(=O)Cn1ccc(NC(=O)c2ccc(-c3ccn[nH]3)s2)n1. The molecule has 0 aliphatic heterocycles. The van der Waals surface area contributed by atoms with Crippen LogP contribution in [0.2, 0.25) is 0 Å². The van der Waals surface area contributed by atoms with Crippen molar-refractivity contribution in [2.45, 2.75) is 6.54 Å². The van der Waals surface area contributed by atoms with Crippen molar-refractivity contribution in [3.8, 4) is 10.6 Å². The number of aromatic amines is 1. The molecule has 0 atom stereocenters. The Morgan fingerprint density at radius 3 is 2.91 bits per heavy atom. The highest BCUT2D eigenvalue weighted by Gasteiger charge is 2.12. The molecule has 0 aliphatic rings. The highest BCUT2D eigenvalue weighted by Crippen LogP contribution is 2.26. The van der Waals surface area contributed by atoms with Crippen molar-refractivity contribution in [1.29, 1.82) is 0 Å². The third-order valence-electron chi connectivity index (χ3n) is 2.80. The van der Waals surface area contributed by atoms with Crippen molar-refractivity contribution in [3.05, 3.63) is 41.5 Å². The fraction of sp³-hybridized carbons (Fsp3) is 0.0769. The minimum absolute atomic E-state index is 0.0289. The van der Waals surface area contributed by atoms with Gasteiger partial charge in [-0.1, -0.05) is 0 Å². The highest BCUT2D eigenvalue weighted by molar-refractivity contribution is 7.17. The van der Waals surface area contributed by atoms with Gasteiger partial charge < -0.3 is 11.1 Å². The van der Waals surface area contributed by atoms with E-state index in [2.05, 4.69) is 20.6 Å². The molecule has 0 aliphatic carbocycles. The minimum Gasteiger partial charge on any atom is -0.368 e. The van der Waals surface area contributed by atoms with Crippen LogP contribution in [0.1, 0.15) is 9.67 Å². The largest absolute Gasteiger partial charge is 0.368 e. The summed E-state index contributed by atoms with van der Waals surface area (Å²) >= 11 is 1.34. The number of nitrogens with zero attached hydrogens (tertiary/aromatic N) is 3. The molecule has 0 unspecified atom stereocenters. The lowest BCUT2D eigenvalue weighted by Gasteiger charge is -1.99. The van der Waals surface area contributed by atoms with Gasteiger partial charge in [-0.2, -0.15) is 10.2 Å². The highest BCUT2D eigenvalue weighted by atomic mass is 32.1. The van der Waals surface area contributed by atoms with Crippen LogP contribution in [0.25, 0.3) is 10.6 Å². The first-order valence-electron chi connectivity index (χ1n) is 6.34. The lowest BCUT2D eigenvalue weighted by molar-refractivity contribution is -0.118. The number of carbonyl (C=O) groups is 2. The molecule has 22 heavy (non-hydrogen) atoms. The molecule has 112 valence electrons. The topological polar surface area (TPSA) is 119 Å². The predicted octanol–water partition coefficient (Wildman–Crippen LogP) is 1.07. The van der Waals surface area contributed by atoms with Gasteiger partial charge in [-0.3, -0.25) is 19.4 Å². The maximum absolute atomic E-state index is 12.2. The minimum atomic E-state index is -0.497. The first-order chi connectivity index (χ1) is 10.6. The second kappa shape index (κ2) is 5.82. The second-order valence-corrected chi connectivity index (χ2v) is 5.54. The predicted molar refractivity (Wildman–Crippen MR) is 81.3 cm³/mol. The molecule has 0 saturated carbocycles. The van der Waals surface area contributed by atoms with Crippen molar-refractivity contribution in [3.63, 3.8) is 0 Å². The molecule has 0 saturated heterocycles. The molecule has 2 amide bonds. The monoisotopic (exact) mass is 316 g/mol. The Labute approximate surface area is 128 Å². The molecule has 0 radical (unpaired) electrons. The van der Waals surface area contributed by atoms with Crippen LogP contribution in [0.15, 0.2) is 36.7 Å². The Morgan fingerprint density at radius 2 is 2.18 bits per heavy atom. The molecule has 0 bridgehead atoms. The lowest BCUT2D eigenvalue weighted by atomic mass is 10.3. The van der Waals surface area contributed by atoms with E-state index in [-0.39, 0.29) is 12.5 Å². The Balaban J connectivity index is 1.69. The molecule has 0 fully saturated rings. The van der Waals surface area contributed by atoms with Crippen molar-refractivity contribution in [1.82, 2.24) is 20.0 Å². The summed E-state index contributed by atoms with van der Waals surface area (Å²) in [6.07, 6.45) is 3.23. The van der Waals surface area contributed by atoms with Crippen molar-refractivity contribution in [2.75, 3.05) is 5.32 Å². The van der Waals surface area contributed by atoms with Crippen LogP contribution in [-0.4, -0.2) is 31.8 Å². The standard InChI is InChI=1S/C13H12N6O2S/c14-11(20)7-19-6-4-12(18-19)16-13(21)10-2-1-9(22-10)8-3-5-15-17-8/h1-6H,7H2,(H2,14,20)(H,15,17)(H,16,18,21). The molecular weight excluding hydrogens is 304 g/mol. The van der Waals surface area contributed by atoms with Gasteiger partial charge in [-0.25, -0.2) is 0 Å². The summed E-state index contributed by atoms with van der Waals surface area (Å²) in [7, 11) is 0. The van der Waals surface area contributed by atoms with Gasteiger partial charge >= 0.3 is 0 Å². The zero-order valence-corrected chi connectivity index (χ0v) is 12.1. The van der Waals surface area contributed by atoms with Gasteiger partial charge in [0.2, 0.25) is 5.91 Å². The average molecular weight is 316 g/mol. The van der Waals surface area contributed by atoms with E-state index in [0.717, 1.165) is 10.6 Å². The van der Waals surface area contributed by atoms with Crippen LogP contribution >= 0.6 is 11.3 Å². The molecule has 3 aromatic rings. The van der Waals surface area contributed by atoms with Crippen molar-refractivity contribution in [2.24, 2.45) is 5.73 Å². The van der Waals surface area contributed by atoms with E-state index in [0.29, 0.717) is 10.7 Å². The third kappa shape index (κ3) is 3.04. The number of carbonyl (C=O) groups excluding carboxylic acids is 2. The average Bonchev–Trinajstić information content (AvgIpc) is 3.19. The summed E-state index contributed by atoms with van der Waals surface area (Å²) in [6.45, 7) is -0.0289. The number of primary amides is 1. The van der Waals surface area contributed by atoms with E-state index < -0.39 is 5.91 Å². The Kier molecular flexibility index (Phi) is 3.71. The first-order valence-corrected chi connectivity index (χ1v) is 7.16. The molecule has 8 nitrogen and oxygen atoms in total. The molecule has 0 aromatic carbocycles. The van der Waals surface area contributed by atoms with E-state index in [4.69, 9.17) is 5.73 Å². The Hall–Kier alpha value is -2.94. The van der Waals surface area contributed by atoms with Crippen LogP contribution in [-0.2, 0) is 11.3 Å². The van der Waals surface area contributed by atoms with Crippen LogP contribution in [0, 0.1) is 0 Å². The van der Waals surface area contributed by atoms with E-state index in [1.807, 2.05) is 12.1 Å². The van der Waals surface area contributed by atoms with E-state index in [1.54, 1.807) is 24.5 Å². The summed E-state index contributed by atoms with van der Waals surface area (Å²) in [5, 5.41) is 13.4. The fourth-order valence-electron chi connectivity index (χ4n) is 1.85. The van der Waals surface area contributed by atoms with Crippen molar-refractivity contribution >= 4 is 29.0 Å². The maximum Gasteiger partial charge on any atom is 0.266 e. The van der Waals surface area contributed by atoms with Crippen molar-refractivity contribution < 1.29 is 9.59 Å². The summed E-state index contributed by atoms with van der Waals surface area (Å²) < 4.78 is 1.36. The summed E-state index contributed by atoms with van der Waals surface area (Å²) in [5.74, 6) is -0.397. The van der Waals surface area contributed by atoms with Crippen LogP contribution in [0.4, 0.5) is 5.82 Å². The zero-order chi connectivity index (χ0) is 15.5. The van der Waals surface area contributed by atoms with Gasteiger partial charge in [0.25, 0.3) is 5.91 Å². The second-order valence-electron chi connectivity index (χ2n) is 4.45. The molecule has 3 rings (SSSR count). The number of thiophene rings is 1. The number of nitrogens with one attached hydrogen (secondary N) is 2. The van der Waals surface area contributed by atoms with Gasteiger partial charge in [0, 0.05) is 18.5 Å². The number of aromatic nitrogens is 4. The van der Waals surface area contributed by atoms with E-state index in [1.165, 1.54) is 16.0 Å². The summed E-state index contributed by atoms with van der Waals surface area (Å²) in [4.78, 5) is 24.4. The zero-order valence-electron chi connectivity index (χ0n) is 11.3. The molecular formula is C13H12N6O2S. The van der Waals surface area contributed by atoms with E-state index in [9.17, 15) is 9.59 Å². The number of amides is 2. The van der Waals surface area contributed by atoms with Gasteiger partial charge in [-0.05, 0) is 18.2 Å². The fourth-order valence-corrected chi connectivity index (χ4v) is 2.73. The molecule has 3 aromatic heterocycles. The Morgan fingerprint density at radius 1 is 1.32 bits per heavy atom. The van der Waals surface area contributed by atoms with Gasteiger partial charge in [0.15, 0.2) is 5.82 Å². The molecule has 4 N–H and O–H groups in total. The van der Waals surface area contributed by atoms with Crippen LogP contribution in [0.5, 0.6) is 0 Å². The van der Waals surface area contributed by atoms with Crippen LogP contribution in [0.3, 0.4) is 0 Å². The number of hydrogen-bond donors (Lipinski definition) is 3. The number of nitrogens with two attached hydrogens (primary N) is 1. The molecule has 9 heteroatoms. The summed E-state index contributed by atoms with van der Waals surface area (Å²) in [5.41, 5.74) is 5.94. The maximum atomic E-state index is 12.2. The normalized spacial score (nSPS) is 10.5.